The van der Waals surface area contributed by atoms with Crippen LogP contribution in [0.1, 0.15) is 33.8 Å². The second-order valence-electron chi connectivity index (χ2n) is 6.35. The lowest BCUT2D eigenvalue weighted by Gasteiger charge is -2.16. The van der Waals surface area contributed by atoms with Gasteiger partial charge in [-0.2, -0.15) is 11.3 Å². The van der Waals surface area contributed by atoms with E-state index in [1.165, 1.54) is 24.2 Å². The number of amides is 1. The number of rotatable bonds is 5. The molecule has 3 aromatic heterocycles. The fourth-order valence-electron chi connectivity index (χ4n) is 3.03. The molecule has 134 valence electrons. The van der Waals surface area contributed by atoms with Gasteiger partial charge in [0.15, 0.2) is 0 Å². The number of nitrogens with zero attached hydrogens (tertiary/aromatic N) is 3. The van der Waals surface area contributed by atoms with Crippen LogP contribution in [-0.2, 0) is 6.54 Å². The molecule has 1 amide bonds. The number of hydrogen-bond donors (Lipinski definition) is 1. The maximum Gasteiger partial charge on any atom is 0.263 e. The minimum absolute atomic E-state index is 0.0786. The third-order valence-electron chi connectivity index (χ3n) is 4.46. The number of anilines is 1. The first kappa shape index (κ1) is 17.2. The van der Waals surface area contributed by atoms with Gasteiger partial charge in [-0.3, -0.25) is 4.79 Å². The summed E-state index contributed by atoms with van der Waals surface area (Å²) in [5, 5.41) is 7.95. The van der Waals surface area contributed by atoms with E-state index in [4.69, 9.17) is 0 Å². The number of aryl methyl sites for hydroxylation is 1. The summed E-state index contributed by atoms with van der Waals surface area (Å²) >= 11 is 3.07. The summed E-state index contributed by atoms with van der Waals surface area (Å²) in [5.74, 6) is 0.946. The molecular weight excluding hydrogens is 364 g/mol. The lowest BCUT2D eigenvalue weighted by molar-refractivity contribution is 0.0954. The predicted octanol–water partition coefficient (Wildman–Crippen LogP) is 4.11. The second kappa shape index (κ2) is 7.55. The first-order valence-corrected chi connectivity index (χ1v) is 10.4. The number of thiophene rings is 1. The first-order valence-electron chi connectivity index (χ1n) is 8.69. The van der Waals surface area contributed by atoms with Gasteiger partial charge < -0.3 is 10.2 Å². The third-order valence-corrected chi connectivity index (χ3v) is 6.35. The second-order valence-corrected chi connectivity index (χ2v) is 8.13. The normalized spacial score (nSPS) is 14.0. The van der Waals surface area contributed by atoms with Crippen molar-refractivity contribution < 1.29 is 4.79 Å². The topological polar surface area (TPSA) is 58.1 Å². The van der Waals surface area contributed by atoms with E-state index in [1.54, 1.807) is 11.3 Å². The van der Waals surface area contributed by atoms with E-state index in [-0.39, 0.29) is 5.91 Å². The summed E-state index contributed by atoms with van der Waals surface area (Å²) in [7, 11) is 0. The molecular formula is C19H20N4OS2. The molecule has 0 radical (unpaired) electrons. The van der Waals surface area contributed by atoms with Crippen LogP contribution < -0.4 is 10.2 Å². The van der Waals surface area contributed by atoms with Gasteiger partial charge >= 0.3 is 0 Å². The van der Waals surface area contributed by atoms with Crippen LogP contribution in [-0.4, -0.2) is 29.0 Å². The fourth-order valence-corrected chi connectivity index (χ4v) is 4.73. The SMILES string of the molecule is Cc1nc(-c2ccsc2)sc1C(=O)NCc1ccc(N2CCCC2)nc1. The van der Waals surface area contributed by atoms with Gasteiger partial charge in [-0.25, -0.2) is 9.97 Å². The van der Waals surface area contributed by atoms with Gasteiger partial charge in [0.2, 0.25) is 0 Å². The highest BCUT2D eigenvalue weighted by molar-refractivity contribution is 7.17. The molecule has 0 bridgehead atoms. The molecule has 7 heteroatoms. The van der Waals surface area contributed by atoms with E-state index >= 15 is 0 Å². The Morgan fingerprint density at radius 2 is 2.12 bits per heavy atom. The number of carbonyl (C=O) groups is 1. The summed E-state index contributed by atoms with van der Waals surface area (Å²) in [6.07, 6.45) is 4.33. The number of hydrogen-bond acceptors (Lipinski definition) is 6. The minimum atomic E-state index is -0.0786. The first-order chi connectivity index (χ1) is 12.7. The number of carbonyl (C=O) groups excluding carboxylic acids is 1. The van der Waals surface area contributed by atoms with Crippen LogP contribution in [0.2, 0.25) is 0 Å². The number of pyridine rings is 1. The highest BCUT2D eigenvalue weighted by Crippen LogP contribution is 2.29. The molecule has 1 aliphatic rings. The van der Waals surface area contributed by atoms with Crippen LogP contribution in [0.3, 0.4) is 0 Å². The van der Waals surface area contributed by atoms with Gasteiger partial charge in [0.25, 0.3) is 5.91 Å². The van der Waals surface area contributed by atoms with Crippen LogP contribution in [0.4, 0.5) is 5.82 Å². The van der Waals surface area contributed by atoms with Crippen molar-refractivity contribution in [3.05, 3.63) is 51.3 Å². The van der Waals surface area contributed by atoms with Crippen molar-refractivity contribution >= 4 is 34.4 Å². The molecule has 1 N–H and O–H groups in total. The zero-order chi connectivity index (χ0) is 17.9. The quantitative estimate of drug-likeness (QED) is 0.719. The van der Waals surface area contributed by atoms with Crippen LogP contribution in [0.15, 0.2) is 35.2 Å². The Morgan fingerprint density at radius 1 is 1.27 bits per heavy atom. The number of thiazole rings is 1. The Kier molecular flexibility index (Phi) is 4.99. The van der Waals surface area contributed by atoms with Crippen molar-refractivity contribution in [2.24, 2.45) is 0 Å². The summed E-state index contributed by atoms with van der Waals surface area (Å²) in [6.45, 7) is 4.52. The molecule has 1 fully saturated rings. The Hall–Kier alpha value is -2.25. The maximum absolute atomic E-state index is 12.5. The van der Waals surface area contributed by atoms with Gasteiger partial charge in [0.05, 0.1) is 5.69 Å². The highest BCUT2D eigenvalue weighted by atomic mass is 32.1. The molecule has 1 aliphatic heterocycles. The molecule has 3 aromatic rings. The zero-order valence-corrected chi connectivity index (χ0v) is 16.2. The van der Waals surface area contributed by atoms with E-state index in [0.29, 0.717) is 11.4 Å². The lowest BCUT2D eigenvalue weighted by Crippen LogP contribution is -2.23. The monoisotopic (exact) mass is 384 g/mol. The summed E-state index contributed by atoms with van der Waals surface area (Å²) < 4.78 is 0. The molecule has 0 aromatic carbocycles. The van der Waals surface area contributed by atoms with Crippen molar-refractivity contribution in [1.82, 2.24) is 15.3 Å². The van der Waals surface area contributed by atoms with Crippen molar-refractivity contribution in [2.75, 3.05) is 18.0 Å². The van der Waals surface area contributed by atoms with Crippen molar-refractivity contribution in [3.8, 4) is 10.6 Å². The third kappa shape index (κ3) is 3.64. The zero-order valence-electron chi connectivity index (χ0n) is 14.6. The smallest absolute Gasteiger partial charge is 0.263 e. The summed E-state index contributed by atoms with van der Waals surface area (Å²) in [4.78, 5) is 24.6. The van der Waals surface area contributed by atoms with Gasteiger partial charge in [-0.05, 0) is 42.8 Å². The summed E-state index contributed by atoms with van der Waals surface area (Å²) in [5.41, 5.74) is 2.85. The fraction of sp³-hybridized carbons (Fsp3) is 0.316. The van der Waals surface area contributed by atoms with Crippen molar-refractivity contribution in [3.63, 3.8) is 0 Å². The molecule has 0 atom stereocenters. The summed E-state index contributed by atoms with van der Waals surface area (Å²) in [6, 6.07) is 6.11. The molecule has 26 heavy (non-hydrogen) atoms. The highest BCUT2D eigenvalue weighted by Gasteiger charge is 2.17. The molecule has 5 nitrogen and oxygen atoms in total. The van der Waals surface area contributed by atoms with Crippen LogP contribution in [0.25, 0.3) is 10.6 Å². The molecule has 4 rings (SSSR count). The van der Waals surface area contributed by atoms with E-state index in [0.717, 1.165) is 40.7 Å². The van der Waals surface area contributed by atoms with Gasteiger partial charge in [-0.15, -0.1) is 11.3 Å². The molecule has 0 spiro atoms. The standard InChI is InChI=1S/C19H20N4OS2/c1-13-17(26-19(22-13)15-6-9-25-12-15)18(24)21-11-14-4-5-16(20-10-14)23-7-2-3-8-23/h4-6,9-10,12H,2-3,7-8,11H2,1H3,(H,21,24). The van der Waals surface area contributed by atoms with Crippen LogP contribution in [0.5, 0.6) is 0 Å². The Balaban J connectivity index is 1.39. The minimum Gasteiger partial charge on any atom is -0.357 e. The van der Waals surface area contributed by atoms with E-state index < -0.39 is 0 Å². The van der Waals surface area contributed by atoms with Crippen molar-refractivity contribution in [1.29, 1.82) is 0 Å². The number of nitrogens with one attached hydrogen (secondary N) is 1. The van der Waals surface area contributed by atoms with Crippen LogP contribution >= 0.6 is 22.7 Å². The Bertz CT molecular complexity index is 881. The average molecular weight is 385 g/mol. The van der Waals surface area contributed by atoms with Crippen LogP contribution in [0, 0.1) is 6.92 Å². The largest absolute Gasteiger partial charge is 0.357 e. The van der Waals surface area contributed by atoms with E-state index in [1.807, 2.05) is 42.1 Å². The Morgan fingerprint density at radius 3 is 2.81 bits per heavy atom. The molecule has 0 aliphatic carbocycles. The van der Waals surface area contributed by atoms with Crippen molar-refractivity contribution in [2.45, 2.75) is 26.3 Å². The molecule has 0 saturated carbocycles. The number of aromatic nitrogens is 2. The van der Waals surface area contributed by atoms with Gasteiger partial charge in [0.1, 0.15) is 15.7 Å². The molecule has 1 saturated heterocycles. The maximum atomic E-state index is 12.5. The van der Waals surface area contributed by atoms with E-state index in [2.05, 4.69) is 20.2 Å². The molecule has 4 heterocycles. The van der Waals surface area contributed by atoms with Gasteiger partial charge in [-0.1, -0.05) is 6.07 Å². The van der Waals surface area contributed by atoms with Gasteiger partial charge in [0, 0.05) is 36.8 Å². The predicted molar refractivity (Wildman–Crippen MR) is 107 cm³/mol. The Labute approximate surface area is 160 Å². The average Bonchev–Trinajstić information content (AvgIpc) is 3.41. The lowest BCUT2D eigenvalue weighted by atomic mass is 10.2. The van der Waals surface area contributed by atoms with E-state index in [9.17, 15) is 4.79 Å². The molecule has 0 unspecified atom stereocenters.